The normalized spacial score (nSPS) is 14.0. The fourth-order valence-corrected chi connectivity index (χ4v) is 6.38. The van der Waals surface area contributed by atoms with Crippen LogP contribution >= 0.6 is 0 Å². The van der Waals surface area contributed by atoms with Crippen LogP contribution in [-0.2, 0) is 0 Å². The number of benzene rings is 8. The SMILES string of the molecule is [2H]c1c([2H])c(-c2ccccc2)c([2H])c(-c2c3ccccc3c(-c3c([2H])c([2H])c([2H])c(-c4ccc5oc6ccccc6c5c4)c3[2H])c3ccccc23)c1[2H]. The van der Waals surface area contributed by atoms with Crippen molar-refractivity contribution in [3.63, 3.8) is 0 Å². The van der Waals surface area contributed by atoms with Crippen molar-refractivity contribution >= 4 is 43.5 Å². The molecule has 0 aliphatic rings. The zero-order valence-corrected chi connectivity index (χ0v) is 24.0. The molecule has 0 fully saturated rings. The van der Waals surface area contributed by atoms with E-state index in [-0.39, 0.29) is 70.6 Å². The highest BCUT2D eigenvalue weighted by Crippen LogP contribution is 2.45. The Kier molecular flexibility index (Phi) is 4.30. The van der Waals surface area contributed by atoms with E-state index in [0.717, 1.165) is 16.4 Å². The number of hydrogen-bond donors (Lipinski definition) is 0. The van der Waals surface area contributed by atoms with Crippen molar-refractivity contribution in [2.75, 3.05) is 0 Å². The monoisotopic (exact) mass is 580 g/mol. The van der Waals surface area contributed by atoms with Crippen molar-refractivity contribution in [3.05, 3.63) is 170 Å². The molecule has 0 bridgehead atoms. The number of fused-ring (bicyclic) bond motifs is 5. The molecule has 0 saturated heterocycles. The van der Waals surface area contributed by atoms with Crippen molar-refractivity contribution in [3.8, 4) is 44.5 Å². The van der Waals surface area contributed by atoms with Crippen molar-refractivity contribution in [1.29, 1.82) is 0 Å². The molecule has 1 heteroatoms. The van der Waals surface area contributed by atoms with Gasteiger partial charge in [-0.1, -0.05) is 139 Å². The van der Waals surface area contributed by atoms with E-state index in [4.69, 9.17) is 11.3 Å². The summed E-state index contributed by atoms with van der Waals surface area (Å²) in [4.78, 5) is 0. The summed E-state index contributed by atoms with van der Waals surface area (Å²) >= 11 is 0. The molecule has 45 heavy (non-hydrogen) atoms. The van der Waals surface area contributed by atoms with Gasteiger partial charge in [-0.3, -0.25) is 0 Å². The minimum atomic E-state index is -0.306. The highest BCUT2D eigenvalue weighted by molar-refractivity contribution is 6.21. The molecular weight excluding hydrogens is 544 g/mol. The first kappa shape index (κ1) is 18.7. The van der Waals surface area contributed by atoms with Crippen LogP contribution in [0.5, 0.6) is 0 Å². The van der Waals surface area contributed by atoms with Gasteiger partial charge in [-0.25, -0.2) is 0 Å². The fourth-order valence-electron chi connectivity index (χ4n) is 6.38. The van der Waals surface area contributed by atoms with Gasteiger partial charge in [-0.2, -0.15) is 0 Å². The summed E-state index contributed by atoms with van der Waals surface area (Å²) in [5.41, 5.74) is 4.51. The standard InChI is InChI=1S/C44H28O/c1-2-12-29(13-3-1)30-14-10-16-33(26-30)43-36-19-4-6-21-38(36)44(39-22-7-5-20-37(39)43)34-17-11-15-31(27-34)32-24-25-42-40(28-32)35-18-8-9-23-41(35)45-42/h1-28H/i10D,11D,14D,15D,16D,17D,26D,27D. The number of hydrogen-bond acceptors (Lipinski definition) is 1. The maximum atomic E-state index is 9.69. The lowest BCUT2D eigenvalue weighted by atomic mass is 9.85. The molecule has 0 aliphatic heterocycles. The third-order valence-corrected chi connectivity index (χ3v) is 8.41. The summed E-state index contributed by atoms with van der Waals surface area (Å²) in [6.07, 6.45) is 0. The number of rotatable bonds is 4. The molecule has 0 spiro atoms. The Morgan fingerprint density at radius 3 is 1.42 bits per heavy atom. The molecule has 0 saturated carbocycles. The third kappa shape index (κ3) is 4.24. The molecule has 9 rings (SSSR count). The van der Waals surface area contributed by atoms with E-state index in [1.54, 1.807) is 18.2 Å². The van der Waals surface area contributed by atoms with Crippen molar-refractivity contribution in [1.82, 2.24) is 0 Å². The van der Waals surface area contributed by atoms with Crippen molar-refractivity contribution in [2.45, 2.75) is 0 Å². The van der Waals surface area contributed by atoms with Gasteiger partial charge in [0.15, 0.2) is 0 Å². The lowest BCUT2D eigenvalue weighted by Gasteiger charge is -2.18. The molecule has 0 unspecified atom stereocenters. The van der Waals surface area contributed by atoms with E-state index < -0.39 is 0 Å². The van der Waals surface area contributed by atoms with E-state index >= 15 is 0 Å². The van der Waals surface area contributed by atoms with Gasteiger partial charge in [0, 0.05) is 10.8 Å². The van der Waals surface area contributed by atoms with Crippen LogP contribution in [-0.4, -0.2) is 0 Å². The van der Waals surface area contributed by atoms with Crippen LogP contribution in [0, 0.1) is 0 Å². The highest BCUT2D eigenvalue weighted by atomic mass is 16.3. The minimum absolute atomic E-state index is 0.0379. The topological polar surface area (TPSA) is 13.1 Å². The molecule has 9 aromatic rings. The largest absolute Gasteiger partial charge is 0.456 e. The Balaban J connectivity index is 1.38. The Labute approximate surface area is 272 Å². The summed E-state index contributed by atoms with van der Waals surface area (Å²) in [5, 5.41) is 4.23. The Morgan fingerprint density at radius 1 is 0.356 bits per heavy atom. The number of furan rings is 1. The van der Waals surface area contributed by atoms with Gasteiger partial charge in [0.25, 0.3) is 0 Å². The van der Waals surface area contributed by atoms with Crippen LogP contribution in [0.15, 0.2) is 174 Å². The van der Waals surface area contributed by atoms with Crippen LogP contribution in [0.25, 0.3) is 88.0 Å². The highest BCUT2D eigenvalue weighted by Gasteiger charge is 2.17. The molecule has 8 aromatic carbocycles. The molecule has 1 aromatic heterocycles. The number of para-hydroxylation sites is 1. The maximum absolute atomic E-state index is 9.69. The van der Waals surface area contributed by atoms with Gasteiger partial charge in [0.2, 0.25) is 0 Å². The summed E-state index contributed by atoms with van der Waals surface area (Å²) in [6, 6.07) is 35.5. The minimum Gasteiger partial charge on any atom is -0.456 e. The predicted octanol–water partition coefficient (Wildman–Crippen LogP) is 12.6. The Bertz CT molecular complexity index is 2930. The molecule has 1 nitrogen and oxygen atoms in total. The molecule has 1 heterocycles. The summed E-state index contributed by atoms with van der Waals surface area (Å²) < 4.78 is 79.3. The predicted molar refractivity (Wildman–Crippen MR) is 190 cm³/mol. The molecule has 210 valence electrons. The molecule has 0 atom stereocenters. The fraction of sp³-hybridized carbons (Fsp3) is 0. The second kappa shape index (κ2) is 10.4. The lowest BCUT2D eigenvalue weighted by Crippen LogP contribution is -1.91. The van der Waals surface area contributed by atoms with Gasteiger partial charge in [0.05, 0.1) is 11.0 Å². The zero-order valence-electron chi connectivity index (χ0n) is 32.0. The first-order valence-electron chi connectivity index (χ1n) is 18.8. The van der Waals surface area contributed by atoms with Crippen LogP contribution < -0.4 is 0 Å². The smallest absolute Gasteiger partial charge is 0.135 e. The summed E-state index contributed by atoms with van der Waals surface area (Å²) in [6.45, 7) is 0. The average molecular weight is 581 g/mol. The Hall–Kier alpha value is -5.92. The van der Waals surface area contributed by atoms with Crippen molar-refractivity contribution < 1.29 is 15.4 Å². The molecule has 0 radical (unpaired) electrons. The van der Waals surface area contributed by atoms with E-state index in [1.807, 2.05) is 103 Å². The van der Waals surface area contributed by atoms with Crippen LogP contribution in [0.3, 0.4) is 0 Å². The first-order valence-corrected chi connectivity index (χ1v) is 14.8. The summed E-state index contributed by atoms with van der Waals surface area (Å²) in [5.74, 6) is 0. The van der Waals surface area contributed by atoms with Gasteiger partial charge in [-0.15, -0.1) is 0 Å². The van der Waals surface area contributed by atoms with E-state index in [0.29, 0.717) is 49.4 Å². The van der Waals surface area contributed by atoms with Crippen LogP contribution in [0.1, 0.15) is 11.0 Å². The van der Waals surface area contributed by atoms with Crippen LogP contribution in [0.2, 0.25) is 0 Å². The third-order valence-electron chi connectivity index (χ3n) is 8.41. The summed E-state index contributed by atoms with van der Waals surface area (Å²) in [7, 11) is 0. The molecule has 0 aliphatic carbocycles. The van der Waals surface area contributed by atoms with Crippen molar-refractivity contribution in [2.24, 2.45) is 0 Å². The van der Waals surface area contributed by atoms with Gasteiger partial charge < -0.3 is 4.42 Å². The molecule has 0 amide bonds. The van der Waals surface area contributed by atoms with E-state index in [1.165, 1.54) is 0 Å². The van der Waals surface area contributed by atoms with E-state index in [9.17, 15) is 4.11 Å². The maximum Gasteiger partial charge on any atom is 0.135 e. The molecular formula is C44H28O. The lowest BCUT2D eigenvalue weighted by molar-refractivity contribution is 0.669. The van der Waals surface area contributed by atoms with Crippen LogP contribution in [0.4, 0.5) is 0 Å². The van der Waals surface area contributed by atoms with Gasteiger partial charge in [-0.05, 0) is 96.3 Å². The van der Waals surface area contributed by atoms with Gasteiger partial charge >= 0.3 is 0 Å². The second-order valence-corrected chi connectivity index (χ2v) is 11.0. The second-order valence-electron chi connectivity index (χ2n) is 11.0. The van der Waals surface area contributed by atoms with Gasteiger partial charge in [0.1, 0.15) is 11.2 Å². The zero-order chi connectivity index (χ0) is 36.7. The molecule has 0 N–H and O–H groups in total. The quantitative estimate of drug-likeness (QED) is 0.189. The Morgan fingerprint density at radius 2 is 0.822 bits per heavy atom. The average Bonchev–Trinajstić information content (AvgIpc) is 3.55. The first-order chi connectivity index (χ1) is 25.7. The van der Waals surface area contributed by atoms with E-state index in [2.05, 4.69) is 0 Å².